The maximum Gasteiger partial charge on any atom is 0.356 e. The molecule has 0 radical (unpaired) electrons. The third-order valence-electron chi connectivity index (χ3n) is 6.72. The van der Waals surface area contributed by atoms with E-state index in [1.807, 2.05) is 13.8 Å². The predicted octanol–water partition coefficient (Wildman–Crippen LogP) is 2.46. The zero-order chi connectivity index (χ0) is 22.4. The lowest BCUT2D eigenvalue weighted by molar-refractivity contribution is 0.0413. The Hall–Kier alpha value is -2.68. The van der Waals surface area contributed by atoms with Crippen molar-refractivity contribution in [3.63, 3.8) is 0 Å². The Balaban J connectivity index is 0.000000171. The highest BCUT2D eigenvalue weighted by Gasteiger charge is 2.37. The zero-order valence-corrected chi connectivity index (χ0v) is 18.0. The van der Waals surface area contributed by atoms with E-state index in [0.717, 1.165) is 29.8 Å². The van der Waals surface area contributed by atoms with Crippen molar-refractivity contribution in [1.29, 1.82) is 0 Å². The highest BCUT2D eigenvalue weighted by molar-refractivity contribution is 5.88. The quantitative estimate of drug-likeness (QED) is 0.502. The van der Waals surface area contributed by atoms with Gasteiger partial charge in [0, 0.05) is 28.9 Å². The summed E-state index contributed by atoms with van der Waals surface area (Å²) in [5.74, 6) is -1.49. The van der Waals surface area contributed by atoms with Gasteiger partial charge in [0.25, 0.3) is 0 Å². The molecule has 0 aliphatic heterocycles. The topological polar surface area (TPSA) is 152 Å². The number of aliphatic hydroxyl groups is 1. The highest BCUT2D eigenvalue weighted by Crippen LogP contribution is 2.39. The summed E-state index contributed by atoms with van der Waals surface area (Å²) in [6.45, 7) is 10.5. The average Bonchev–Trinajstić information content (AvgIpc) is 3.19. The summed E-state index contributed by atoms with van der Waals surface area (Å²) in [7, 11) is 0. The number of hydrogen-bond donors (Lipinski definition) is 5. The molecule has 0 amide bonds. The van der Waals surface area contributed by atoms with Gasteiger partial charge in [0.15, 0.2) is 11.4 Å². The summed E-state index contributed by atoms with van der Waals surface area (Å²) >= 11 is 0. The monoisotopic (exact) mass is 418 g/mol. The Morgan fingerprint density at radius 3 is 1.77 bits per heavy atom. The second-order valence-electron chi connectivity index (χ2n) is 9.82. The smallest absolute Gasteiger partial charge is 0.356 e. The molecule has 0 fully saturated rings. The molecule has 2 aliphatic carbocycles. The summed E-state index contributed by atoms with van der Waals surface area (Å²) in [4.78, 5) is 21.8. The fourth-order valence-electron chi connectivity index (χ4n) is 4.14. The van der Waals surface area contributed by atoms with Crippen molar-refractivity contribution < 1.29 is 24.9 Å². The van der Waals surface area contributed by atoms with Crippen LogP contribution >= 0.6 is 0 Å². The van der Waals surface area contributed by atoms with E-state index in [2.05, 4.69) is 41.2 Å². The van der Waals surface area contributed by atoms with Crippen LogP contribution in [0.2, 0.25) is 0 Å². The lowest BCUT2D eigenvalue weighted by Crippen LogP contribution is -2.37. The van der Waals surface area contributed by atoms with E-state index < -0.39 is 18.0 Å². The van der Waals surface area contributed by atoms with Crippen LogP contribution in [0.4, 0.5) is 0 Å². The van der Waals surface area contributed by atoms with E-state index in [9.17, 15) is 14.7 Å². The largest absolute Gasteiger partial charge is 0.476 e. The predicted molar refractivity (Wildman–Crippen MR) is 109 cm³/mol. The number of aromatic amines is 2. The first-order valence-corrected chi connectivity index (χ1v) is 10.1. The maximum absolute atomic E-state index is 10.9. The number of rotatable bonds is 2. The van der Waals surface area contributed by atoms with Crippen LogP contribution in [0.5, 0.6) is 0 Å². The van der Waals surface area contributed by atoms with Crippen LogP contribution in [0.15, 0.2) is 0 Å². The molecule has 5 N–H and O–H groups in total. The molecule has 0 aromatic carbocycles. The minimum atomic E-state index is -1.04. The number of hydrogen-bond acceptors (Lipinski definition) is 5. The fraction of sp³-hybridized carbons (Fsp3) is 0.619. The van der Waals surface area contributed by atoms with Crippen molar-refractivity contribution in [3.8, 4) is 0 Å². The minimum Gasteiger partial charge on any atom is -0.476 e. The van der Waals surface area contributed by atoms with E-state index in [1.165, 1.54) is 0 Å². The molecule has 0 saturated heterocycles. The third kappa shape index (κ3) is 3.98. The van der Waals surface area contributed by atoms with Crippen molar-refractivity contribution in [1.82, 2.24) is 20.4 Å². The number of carbonyl (C=O) groups is 2. The maximum atomic E-state index is 10.9. The number of aromatic nitrogens is 4. The molecule has 4 rings (SSSR count). The van der Waals surface area contributed by atoms with E-state index >= 15 is 0 Å². The van der Waals surface area contributed by atoms with E-state index in [4.69, 9.17) is 10.2 Å². The molecule has 2 aromatic heterocycles. The molecular formula is C21H30N4O5. The van der Waals surface area contributed by atoms with E-state index in [1.54, 1.807) is 0 Å². The molecule has 30 heavy (non-hydrogen) atoms. The van der Waals surface area contributed by atoms with Gasteiger partial charge in [-0.1, -0.05) is 34.6 Å². The summed E-state index contributed by atoms with van der Waals surface area (Å²) in [5, 5.41) is 40.9. The number of aromatic carboxylic acids is 2. The molecule has 0 saturated carbocycles. The summed E-state index contributed by atoms with van der Waals surface area (Å²) < 4.78 is 0. The van der Waals surface area contributed by atoms with Crippen molar-refractivity contribution in [3.05, 3.63) is 33.9 Å². The van der Waals surface area contributed by atoms with Gasteiger partial charge in [-0.2, -0.15) is 10.2 Å². The van der Waals surface area contributed by atoms with Crippen LogP contribution in [0.25, 0.3) is 0 Å². The van der Waals surface area contributed by atoms with Crippen LogP contribution in [-0.2, 0) is 25.7 Å². The molecule has 0 spiro atoms. The molecule has 9 heteroatoms. The van der Waals surface area contributed by atoms with Crippen molar-refractivity contribution in [2.75, 3.05) is 0 Å². The van der Waals surface area contributed by atoms with Crippen molar-refractivity contribution in [2.24, 2.45) is 16.7 Å². The molecular weight excluding hydrogens is 388 g/mol. The number of aliphatic hydroxyl groups excluding tert-OH is 1. The normalized spacial score (nSPS) is 23.5. The van der Waals surface area contributed by atoms with Gasteiger partial charge in [-0.15, -0.1) is 0 Å². The van der Waals surface area contributed by atoms with Gasteiger partial charge in [0.2, 0.25) is 0 Å². The number of nitrogens with one attached hydrogen (secondary N) is 2. The van der Waals surface area contributed by atoms with Gasteiger partial charge in [-0.05, 0) is 36.0 Å². The molecule has 2 aromatic rings. The third-order valence-corrected chi connectivity index (χ3v) is 6.72. The minimum absolute atomic E-state index is 0.0413. The lowest BCUT2D eigenvalue weighted by atomic mass is 9.69. The zero-order valence-electron chi connectivity index (χ0n) is 18.0. The fourth-order valence-corrected chi connectivity index (χ4v) is 4.14. The SMILES string of the molecule is CC1(C)Cc2[nH]nc(C(=O)O)c2CC1O.CC1Cc2c(C(=O)O)n[nH]c2CC1(C)C. The lowest BCUT2D eigenvalue weighted by Gasteiger charge is -2.35. The molecule has 2 heterocycles. The Kier molecular flexibility index (Phi) is 5.53. The van der Waals surface area contributed by atoms with Crippen LogP contribution < -0.4 is 0 Å². The Morgan fingerprint density at radius 2 is 1.30 bits per heavy atom. The van der Waals surface area contributed by atoms with Gasteiger partial charge in [0.05, 0.1) is 6.10 Å². The number of carboxylic acids is 2. The first-order chi connectivity index (χ1) is 13.8. The molecule has 2 atom stereocenters. The number of carboxylic acid groups (broad SMARTS) is 2. The summed E-state index contributed by atoms with van der Waals surface area (Å²) in [6, 6.07) is 0. The van der Waals surface area contributed by atoms with Gasteiger partial charge < -0.3 is 15.3 Å². The molecule has 2 aliphatic rings. The average molecular weight is 418 g/mol. The Bertz CT molecular complexity index is 894. The Morgan fingerprint density at radius 1 is 0.867 bits per heavy atom. The molecule has 2 unspecified atom stereocenters. The number of fused-ring (bicyclic) bond motifs is 2. The molecule has 164 valence electrons. The standard InChI is InChI=1S/C11H16N2O2.C10H14N2O3/c1-6-4-7-8(5-11(6,2)3)12-13-9(7)10(14)15;1-10(2)4-6-5(3-7(10)13)8(9(14)15)12-11-6/h6H,4-5H2,1-3H3,(H,12,13)(H,14,15);7,13H,3-4H2,1-2H3,(H,11,12)(H,14,15). The highest BCUT2D eigenvalue weighted by atomic mass is 16.4. The van der Waals surface area contributed by atoms with Crippen molar-refractivity contribution in [2.45, 2.75) is 66.4 Å². The second kappa shape index (κ2) is 7.54. The van der Waals surface area contributed by atoms with E-state index in [0.29, 0.717) is 24.3 Å². The van der Waals surface area contributed by atoms with Crippen LogP contribution in [0, 0.1) is 16.7 Å². The first-order valence-electron chi connectivity index (χ1n) is 10.1. The van der Waals surface area contributed by atoms with E-state index in [-0.39, 0.29) is 22.2 Å². The van der Waals surface area contributed by atoms with Crippen LogP contribution in [0.3, 0.4) is 0 Å². The summed E-state index contributed by atoms with van der Waals surface area (Å²) in [5.41, 5.74) is 3.61. The van der Waals surface area contributed by atoms with Gasteiger partial charge >= 0.3 is 11.9 Å². The molecule has 0 bridgehead atoms. The second-order valence-corrected chi connectivity index (χ2v) is 9.82. The Labute approximate surface area is 174 Å². The van der Waals surface area contributed by atoms with Gasteiger partial charge in [-0.25, -0.2) is 9.59 Å². The van der Waals surface area contributed by atoms with Gasteiger partial charge in [-0.3, -0.25) is 10.2 Å². The van der Waals surface area contributed by atoms with Gasteiger partial charge in [0.1, 0.15) is 0 Å². The van der Waals surface area contributed by atoms with Crippen molar-refractivity contribution >= 4 is 11.9 Å². The molecule has 9 nitrogen and oxygen atoms in total. The van der Waals surface area contributed by atoms with Crippen LogP contribution in [-0.4, -0.2) is 53.8 Å². The first kappa shape index (κ1) is 22.0. The van der Waals surface area contributed by atoms with Crippen LogP contribution in [0.1, 0.15) is 78.1 Å². The summed E-state index contributed by atoms with van der Waals surface area (Å²) in [6.07, 6.45) is 2.16. The number of H-pyrrole nitrogens is 2. The number of nitrogens with zero attached hydrogens (tertiary/aromatic N) is 2.